The average molecular weight is 265 g/mol. The van der Waals surface area contributed by atoms with Gasteiger partial charge >= 0.3 is 0 Å². The summed E-state index contributed by atoms with van der Waals surface area (Å²) in [4.78, 5) is 0. The van der Waals surface area contributed by atoms with Gasteiger partial charge in [0, 0.05) is 25.2 Å². The molecular formula is C14H30OV. The van der Waals surface area contributed by atoms with Crippen molar-refractivity contribution in [2.24, 2.45) is 0 Å². The predicted molar refractivity (Wildman–Crippen MR) is 68.2 cm³/mol. The van der Waals surface area contributed by atoms with E-state index in [1.54, 1.807) is 0 Å². The maximum Gasteiger partial charge on any atom is 0.0431 e. The number of hydrogen-bond acceptors (Lipinski definition) is 1. The summed E-state index contributed by atoms with van der Waals surface area (Å²) in [5.74, 6) is 0. The molecule has 0 aliphatic rings. The van der Waals surface area contributed by atoms with Crippen LogP contribution >= 0.6 is 0 Å². The number of aliphatic hydroxyl groups excluding tert-OH is 1. The maximum atomic E-state index is 8.61. The summed E-state index contributed by atoms with van der Waals surface area (Å²) >= 11 is 0. The molecule has 0 heterocycles. The number of hydrogen-bond donors (Lipinski definition) is 1. The Balaban J connectivity index is 0. The van der Waals surface area contributed by atoms with E-state index >= 15 is 0 Å². The van der Waals surface area contributed by atoms with Crippen molar-refractivity contribution < 1.29 is 23.7 Å². The Morgan fingerprint density at radius 3 is 1.19 bits per heavy atom. The summed E-state index contributed by atoms with van der Waals surface area (Å²) in [6.07, 6.45) is 16.2. The normalized spacial score (nSPS) is 10.1. The molecule has 1 nitrogen and oxygen atoms in total. The van der Waals surface area contributed by atoms with Gasteiger partial charge in [0.1, 0.15) is 0 Å². The first-order valence-electron chi connectivity index (χ1n) is 7.02. The summed E-state index contributed by atoms with van der Waals surface area (Å²) in [5.41, 5.74) is 0. The molecule has 0 fully saturated rings. The molecule has 0 aromatic carbocycles. The second-order valence-electron chi connectivity index (χ2n) is 4.61. The Hall–Kier alpha value is 0.544. The molecule has 0 aliphatic carbocycles. The van der Waals surface area contributed by atoms with E-state index in [9.17, 15) is 0 Å². The molecule has 0 aliphatic heterocycles. The first-order chi connectivity index (χ1) is 7.41. The van der Waals surface area contributed by atoms with E-state index in [0.717, 1.165) is 6.42 Å². The molecule has 0 unspecified atom stereocenters. The number of unbranched alkanes of at least 4 members (excludes halogenated alkanes) is 11. The monoisotopic (exact) mass is 265 g/mol. The van der Waals surface area contributed by atoms with Crippen molar-refractivity contribution >= 4 is 0 Å². The molecule has 0 aromatic rings. The van der Waals surface area contributed by atoms with Crippen LogP contribution in [0.2, 0.25) is 0 Å². The molecule has 0 saturated heterocycles. The van der Waals surface area contributed by atoms with Crippen LogP contribution in [0.15, 0.2) is 0 Å². The maximum absolute atomic E-state index is 8.61. The Bertz CT molecular complexity index is 94.9. The van der Waals surface area contributed by atoms with Gasteiger partial charge in [-0.1, -0.05) is 77.6 Å². The van der Waals surface area contributed by atoms with Crippen LogP contribution in [0.5, 0.6) is 0 Å². The zero-order valence-corrected chi connectivity index (χ0v) is 12.5. The van der Waals surface area contributed by atoms with Gasteiger partial charge < -0.3 is 5.11 Å². The van der Waals surface area contributed by atoms with Crippen LogP contribution in [0.25, 0.3) is 0 Å². The fourth-order valence-electron chi connectivity index (χ4n) is 1.95. The molecule has 1 N–H and O–H groups in total. The molecule has 0 bridgehead atoms. The van der Waals surface area contributed by atoms with Gasteiger partial charge in [-0.25, -0.2) is 0 Å². The summed E-state index contributed by atoms with van der Waals surface area (Å²) in [6, 6.07) is 0. The Kier molecular flexibility index (Phi) is 21.2. The minimum Gasteiger partial charge on any atom is -0.396 e. The predicted octanol–water partition coefficient (Wildman–Crippen LogP) is 4.68. The third kappa shape index (κ3) is 17.0. The zero-order valence-electron chi connectivity index (χ0n) is 11.1. The first-order valence-corrected chi connectivity index (χ1v) is 7.02. The van der Waals surface area contributed by atoms with Crippen molar-refractivity contribution in [3.63, 3.8) is 0 Å². The second kappa shape index (κ2) is 17.9. The van der Waals surface area contributed by atoms with Crippen LogP contribution in [0, 0.1) is 0 Å². The fraction of sp³-hybridized carbons (Fsp3) is 1.00. The molecule has 0 aromatic heterocycles. The molecule has 0 spiro atoms. The van der Waals surface area contributed by atoms with Gasteiger partial charge in [0.25, 0.3) is 0 Å². The van der Waals surface area contributed by atoms with Gasteiger partial charge in [-0.2, -0.15) is 0 Å². The summed E-state index contributed by atoms with van der Waals surface area (Å²) in [6.45, 7) is 2.64. The van der Waals surface area contributed by atoms with E-state index < -0.39 is 0 Å². The molecule has 1 radical (unpaired) electrons. The van der Waals surface area contributed by atoms with Crippen molar-refractivity contribution in [1.82, 2.24) is 0 Å². The third-order valence-corrected chi connectivity index (χ3v) is 3.01. The van der Waals surface area contributed by atoms with Crippen LogP contribution in [-0.2, 0) is 18.6 Å². The molecule has 0 amide bonds. The summed E-state index contributed by atoms with van der Waals surface area (Å²) in [7, 11) is 0. The van der Waals surface area contributed by atoms with Crippen LogP contribution in [0.4, 0.5) is 0 Å². The van der Waals surface area contributed by atoms with Crippen molar-refractivity contribution in [2.75, 3.05) is 6.61 Å². The Morgan fingerprint density at radius 1 is 0.562 bits per heavy atom. The molecular weight excluding hydrogens is 235 g/mol. The Labute approximate surface area is 114 Å². The molecule has 16 heavy (non-hydrogen) atoms. The van der Waals surface area contributed by atoms with Gasteiger partial charge in [-0.3, -0.25) is 0 Å². The smallest absolute Gasteiger partial charge is 0.0431 e. The van der Waals surface area contributed by atoms with Crippen molar-refractivity contribution in [3.05, 3.63) is 0 Å². The largest absolute Gasteiger partial charge is 0.396 e. The zero-order chi connectivity index (χ0) is 11.2. The molecule has 0 atom stereocenters. The first kappa shape index (κ1) is 18.9. The van der Waals surface area contributed by atoms with Gasteiger partial charge in [0.05, 0.1) is 0 Å². The van der Waals surface area contributed by atoms with Gasteiger partial charge in [-0.15, -0.1) is 0 Å². The standard InChI is InChI=1S/C14H30O.V/c1-2-3-4-5-6-7-8-9-10-11-12-13-14-15;/h15H,2-14H2,1H3;. The minimum atomic E-state index is 0. The van der Waals surface area contributed by atoms with Gasteiger partial charge in [0.2, 0.25) is 0 Å². The van der Waals surface area contributed by atoms with E-state index in [0.29, 0.717) is 6.61 Å². The van der Waals surface area contributed by atoms with Crippen LogP contribution in [0.1, 0.15) is 84.0 Å². The fourth-order valence-corrected chi connectivity index (χ4v) is 1.95. The van der Waals surface area contributed by atoms with Gasteiger partial charge in [-0.05, 0) is 6.42 Å². The van der Waals surface area contributed by atoms with Gasteiger partial charge in [0.15, 0.2) is 0 Å². The quantitative estimate of drug-likeness (QED) is 0.508. The van der Waals surface area contributed by atoms with E-state index in [1.165, 1.54) is 70.6 Å². The van der Waals surface area contributed by atoms with Crippen LogP contribution in [-0.4, -0.2) is 11.7 Å². The third-order valence-electron chi connectivity index (χ3n) is 3.01. The number of rotatable bonds is 12. The molecule has 2 heteroatoms. The minimum absolute atomic E-state index is 0. The topological polar surface area (TPSA) is 20.2 Å². The van der Waals surface area contributed by atoms with E-state index in [2.05, 4.69) is 6.92 Å². The molecule has 0 saturated carbocycles. The van der Waals surface area contributed by atoms with Crippen molar-refractivity contribution in [3.8, 4) is 0 Å². The van der Waals surface area contributed by atoms with Crippen LogP contribution in [0.3, 0.4) is 0 Å². The van der Waals surface area contributed by atoms with Crippen molar-refractivity contribution in [2.45, 2.75) is 84.0 Å². The van der Waals surface area contributed by atoms with E-state index in [-0.39, 0.29) is 18.6 Å². The Morgan fingerprint density at radius 2 is 0.875 bits per heavy atom. The SMILES string of the molecule is CCCCCCCCCCCCCCO.[V]. The van der Waals surface area contributed by atoms with E-state index in [1.807, 2.05) is 0 Å². The second-order valence-corrected chi connectivity index (χ2v) is 4.61. The number of aliphatic hydroxyl groups is 1. The van der Waals surface area contributed by atoms with E-state index in [4.69, 9.17) is 5.11 Å². The molecule has 0 rings (SSSR count). The summed E-state index contributed by atoms with van der Waals surface area (Å²) in [5, 5.41) is 8.61. The van der Waals surface area contributed by atoms with Crippen molar-refractivity contribution in [1.29, 1.82) is 0 Å². The average Bonchev–Trinajstić information content (AvgIpc) is 2.26. The summed E-state index contributed by atoms with van der Waals surface area (Å²) < 4.78 is 0. The van der Waals surface area contributed by atoms with Crippen LogP contribution < -0.4 is 0 Å². The molecule has 97 valence electrons.